The summed E-state index contributed by atoms with van der Waals surface area (Å²) < 4.78 is 5.23. The van der Waals surface area contributed by atoms with Crippen molar-refractivity contribution in [2.75, 3.05) is 7.11 Å². The Morgan fingerprint density at radius 1 is 1.26 bits per heavy atom. The van der Waals surface area contributed by atoms with Gasteiger partial charge in [0.25, 0.3) is 5.19 Å². The number of phenols is 1. The van der Waals surface area contributed by atoms with E-state index in [0.717, 1.165) is 35.1 Å². The highest BCUT2D eigenvalue weighted by molar-refractivity contribution is 7.11. The SMILES string of the molecule is CCCc1cc(/C(N)=N/O)c(-c2csc(OC)n2)c(-c2ccc(O)cc2)c1. The average Bonchev–Trinajstić information content (AvgIpc) is 3.16. The minimum absolute atomic E-state index is 0.0231. The molecule has 1 aromatic heterocycles. The monoisotopic (exact) mass is 383 g/mol. The number of nitrogens with two attached hydrogens (primary N) is 1. The molecule has 0 aliphatic heterocycles. The number of oxime groups is 1. The van der Waals surface area contributed by atoms with Gasteiger partial charge >= 0.3 is 0 Å². The topological polar surface area (TPSA) is 101 Å². The van der Waals surface area contributed by atoms with E-state index in [0.29, 0.717) is 16.5 Å². The van der Waals surface area contributed by atoms with Gasteiger partial charge in [0, 0.05) is 16.5 Å². The van der Waals surface area contributed by atoms with Crippen LogP contribution in [0.15, 0.2) is 46.9 Å². The second-order valence-corrected chi connectivity index (χ2v) is 6.87. The summed E-state index contributed by atoms with van der Waals surface area (Å²) in [7, 11) is 1.57. The number of thiazole rings is 1. The molecule has 0 unspecified atom stereocenters. The summed E-state index contributed by atoms with van der Waals surface area (Å²) in [6.45, 7) is 2.10. The van der Waals surface area contributed by atoms with Crippen LogP contribution in [0.1, 0.15) is 24.5 Å². The van der Waals surface area contributed by atoms with Gasteiger partial charge in [0.15, 0.2) is 5.84 Å². The van der Waals surface area contributed by atoms with E-state index in [9.17, 15) is 10.3 Å². The first-order chi connectivity index (χ1) is 13.1. The maximum atomic E-state index is 9.65. The molecule has 0 spiro atoms. The summed E-state index contributed by atoms with van der Waals surface area (Å²) in [6, 6.07) is 11.0. The predicted molar refractivity (Wildman–Crippen MR) is 108 cm³/mol. The molecule has 3 aromatic rings. The molecule has 7 heteroatoms. The van der Waals surface area contributed by atoms with Gasteiger partial charge in [-0.25, -0.2) is 4.98 Å². The fourth-order valence-electron chi connectivity index (χ4n) is 3.00. The van der Waals surface area contributed by atoms with E-state index in [1.807, 2.05) is 23.6 Å². The molecule has 3 rings (SSSR count). The van der Waals surface area contributed by atoms with Crippen LogP contribution in [0.3, 0.4) is 0 Å². The molecule has 27 heavy (non-hydrogen) atoms. The molecule has 0 saturated carbocycles. The standard InChI is InChI=1S/C20H21N3O3S/c1-3-4-12-9-15(13-5-7-14(24)8-6-13)18(16(10-12)19(21)23-25)17-11-27-20(22-17)26-2/h5-11,24-25H,3-4H2,1-2H3,(H2,21,23). The van der Waals surface area contributed by atoms with Gasteiger partial charge < -0.3 is 20.8 Å². The number of hydrogen-bond donors (Lipinski definition) is 3. The third-order valence-electron chi connectivity index (χ3n) is 4.21. The Bertz CT molecular complexity index is 965. The van der Waals surface area contributed by atoms with Gasteiger partial charge in [-0.05, 0) is 41.3 Å². The summed E-state index contributed by atoms with van der Waals surface area (Å²) in [4.78, 5) is 4.51. The van der Waals surface area contributed by atoms with Gasteiger partial charge in [-0.1, -0.05) is 48.0 Å². The molecule has 0 amide bonds. The number of hydrogen-bond acceptors (Lipinski definition) is 6. The second kappa shape index (κ2) is 8.09. The van der Waals surface area contributed by atoms with E-state index >= 15 is 0 Å². The zero-order valence-electron chi connectivity index (χ0n) is 15.1. The first-order valence-corrected chi connectivity index (χ1v) is 9.39. The van der Waals surface area contributed by atoms with Crippen molar-refractivity contribution in [3.8, 4) is 33.3 Å². The first kappa shape index (κ1) is 18.7. The van der Waals surface area contributed by atoms with Crippen molar-refractivity contribution < 1.29 is 15.1 Å². The van der Waals surface area contributed by atoms with Crippen molar-refractivity contribution in [2.24, 2.45) is 10.9 Å². The van der Waals surface area contributed by atoms with Crippen molar-refractivity contribution >= 4 is 17.2 Å². The quantitative estimate of drug-likeness (QED) is 0.256. The largest absolute Gasteiger partial charge is 0.508 e. The molecule has 6 nitrogen and oxygen atoms in total. The van der Waals surface area contributed by atoms with Gasteiger partial charge in [-0.15, -0.1) is 0 Å². The number of benzene rings is 2. The normalized spacial score (nSPS) is 11.6. The highest BCUT2D eigenvalue weighted by Crippen LogP contribution is 2.38. The van der Waals surface area contributed by atoms with Crippen molar-refractivity contribution in [1.82, 2.24) is 4.98 Å². The number of aromatic hydroxyl groups is 1. The lowest BCUT2D eigenvalue weighted by Crippen LogP contribution is -2.15. The number of nitrogens with zero attached hydrogens (tertiary/aromatic N) is 2. The van der Waals surface area contributed by atoms with Crippen LogP contribution in [0.25, 0.3) is 22.4 Å². The number of methoxy groups -OCH3 is 1. The van der Waals surface area contributed by atoms with Crippen LogP contribution in [0, 0.1) is 0 Å². The molecule has 0 bridgehead atoms. The van der Waals surface area contributed by atoms with Crippen LogP contribution in [-0.4, -0.2) is 28.2 Å². The number of amidine groups is 1. The van der Waals surface area contributed by atoms with Crippen LogP contribution in [-0.2, 0) is 6.42 Å². The number of aryl methyl sites for hydroxylation is 1. The van der Waals surface area contributed by atoms with E-state index in [4.69, 9.17) is 10.5 Å². The Kier molecular flexibility index (Phi) is 5.61. The summed E-state index contributed by atoms with van der Waals surface area (Å²) in [6.07, 6.45) is 1.83. The minimum atomic E-state index is 0.0231. The molecule has 0 saturated heterocycles. The molecule has 140 valence electrons. The molecule has 0 atom stereocenters. The molecule has 2 aromatic carbocycles. The molecule has 0 fully saturated rings. The fourth-order valence-corrected chi connectivity index (χ4v) is 3.63. The number of ether oxygens (including phenoxy) is 1. The van der Waals surface area contributed by atoms with Crippen LogP contribution in [0.2, 0.25) is 0 Å². The van der Waals surface area contributed by atoms with Crippen LogP contribution < -0.4 is 10.5 Å². The second-order valence-electron chi connectivity index (χ2n) is 6.05. The summed E-state index contributed by atoms with van der Waals surface area (Å²) >= 11 is 1.38. The molecule has 1 heterocycles. The lowest BCUT2D eigenvalue weighted by atomic mass is 9.89. The minimum Gasteiger partial charge on any atom is -0.508 e. The summed E-state index contributed by atoms with van der Waals surface area (Å²) in [5, 5.41) is 24.6. The van der Waals surface area contributed by atoms with Crippen molar-refractivity contribution in [2.45, 2.75) is 19.8 Å². The smallest absolute Gasteiger partial charge is 0.273 e. The lowest BCUT2D eigenvalue weighted by Gasteiger charge is -2.16. The van der Waals surface area contributed by atoms with Gasteiger partial charge in [-0.3, -0.25) is 0 Å². The summed E-state index contributed by atoms with van der Waals surface area (Å²) in [5.41, 5.74) is 10.9. The van der Waals surface area contributed by atoms with Gasteiger partial charge in [-0.2, -0.15) is 0 Å². The van der Waals surface area contributed by atoms with Gasteiger partial charge in [0.2, 0.25) is 0 Å². The van der Waals surface area contributed by atoms with Crippen molar-refractivity contribution in [3.05, 3.63) is 52.9 Å². The van der Waals surface area contributed by atoms with Crippen LogP contribution in [0.4, 0.5) is 0 Å². The first-order valence-electron chi connectivity index (χ1n) is 8.51. The highest BCUT2D eigenvalue weighted by Gasteiger charge is 2.20. The lowest BCUT2D eigenvalue weighted by molar-refractivity contribution is 0.318. The Labute approximate surface area is 161 Å². The molecular formula is C20H21N3O3S. The van der Waals surface area contributed by atoms with E-state index in [2.05, 4.69) is 23.1 Å². The third kappa shape index (κ3) is 3.88. The van der Waals surface area contributed by atoms with E-state index < -0.39 is 0 Å². The predicted octanol–water partition coefficient (Wildman–Crippen LogP) is 4.24. The molecule has 0 radical (unpaired) electrons. The van der Waals surface area contributed by atoms with Gasteiger partial charge in [0.05, 0.1) is 12.8 Å². The summed E-state index contributed by atoms with van der Waals surface area (Å²) in [5.74, 6) is 0.215. The van der Waals surface area contributed by atoms with Crippen LogP contribution >= 0.6 is 11.3 Å². The Morgan fingerprint density at radius 2 is 2.00 bits per heavy atom. The molecule has 0 aliphatic rings. The molecular weight excluding hydrogens is 362 g/mol. The van der Waals surface area contributed by atoms with Crippen molar-refractivity contribution in [1.29, 1.82) is 0 Å². The average molecular weight is 383 g/mol. The van der Waals surface area contributed by atoms with E-state index in [1.54, 1.807) is 19.2 Å². The molecule has 0 aliphatic carbocycles. The highest BCUT2D eigenvalue weighted by atomic mass is 32.1. The van der Waals surface area contributed by atoms with E-state index in [-0.39, 0.29) is 11.6 Å². The maximum Gasteiger partial charge on any atom is 0.273 e. The Balaban J connectivity index is 2.33. The molecule has 4 N–H and O–H groups in total. The van der Waals surface area contributed by atoms with Crippen LogP contribution in [0.5, 0.6) is 10.9 Å². The Hall–Kier alpha value is -3.06. The zero-order chi connectivity index (χ0) is 19.4. The zero-order valence-corrected chi connectivity index (χ0v) is 16.0. The van der Waals surface area contributed by atoms with Crippen molar-refractivity contribution in [3.63, 3.8) is 0 Å². The number of aromatic nitrogens is 1. The third-order valence-corrected chi connectivity index (χ3v) is 5.01. The van der Waals surface area contributed by atoms with Gasteiger partial charge in [0.1, 0.15) is 5.75 Å². The maximum absolute atomic E-state index is 9.65. The van der Waals surface area contributed by atoms with E-state index in [1.165, 1.54) is 11.3 Å². The Morgan fingerprint density at radius 3 is 2.59 bits per heavy atom. The number of rotatable bonds is 6. The number of phenolic OH excluding ortho intramolecular Hbond substituents is 1. The fraction of sp³-hybridized carbons (Fsp3) is 0.200.